The zero-order valence-electron chi connectivity index (χ0n) is 19.3. The second kappa shape index (κ2) is 12.1. The number of rotatable bonds is 10. The van der Waals surface area contributed by atoms with Gasteiger partial charge in [0.25, 0.3) is 0 Å². The number of carbonyl (C=O) groups is 1. The van der Waals surface area contributed by atoms with Gasteiger partial charge in [0.05, 0.1) is 11.3 Å². The summed E-state index contributed by atoms with van der Waals surface area (Å²) in [5, 5.41) is -0.905. The Hall–Kier alpha value is -3.01. The minimum atomic E-state index is -4.64. The maximum absolute atomic E-state index is 14.7. The van der Waals surface area contributed by atoms with Crippen LogP contribution in [0.4, 0.5) is 33.2 Å². The lowest BCUT2D eigenvalue weighted by Crippen LogP contribution is -2.25. The highest BCUT2D eigenvalue weighted by atomic mass is 32.1. The van der Waals surface area contributed by atoms with Gasteiger partial charge >= 0.3 is 12.3 Å². The average Bonchev–Trinajstić information content (AvgIpc) is 3.22. The van der Waals surface area contributed by atoms with Crippen LogP contribution < -0.4 is 4.90 Å². The fourth-order valence-electron chi connectivity index (χ4n) is 3.71. The van der Waals surface area contributed by atoms with E-state index in [1.807, 2.05) is 0 Å². The first-order valence-electron chi connectivity index (χ1n) is 11.3. The van der Waals surface area contributed by atoms with Crippen molar-refractivity contribution in [2.75, 3.05) is 4.90 Å². The average molecular weight is 509 g/mol. The van der Waals surface area contributed by atoms with Gasteiger partial charge in [-0.25, -0.2) is 14.7 Å². The summed E-state index contributed by atoms with van der Waals surface area (Å²) in [6.45, 7) is 2.10. The molecule has 3 aromatic rings. The lowest BCUT2D eigenvalue weighted by Gasteiger charge is -2.21. The third kappa shape index (κ3) is 6.78. The Bertz CT molecular complexity index is 1120. The van der Waals surface area contributed by atoms with E-state index in [2.05, 4.69) is 28.7 Å². The van der Waals surface area contributed by atoms with Crippen LogP contribution in [0.15, 0.2) is 42.7 Å². The number of pyridine rings is 1. The molecule has 0 saturated heterocycles. The van der Waals surface area contributed by atoms with Crippen LogP contribution in [-0.4, -0.2) is 16.1 Å². The van der Waals surface area contributed by atoms with Gasteiger partial charge in [-0.15, -0.1) is 0 Å². The molecule has 2 aromatic heterocycles. The number of halogens is 4. The molecular weight excluding hydrogens is 482 g/mol. The number of anilines is 2. The first-order chi connectivity index (χ1) is 16.8. The number of alkyl halides is 3. The SMILES string of the molecule is [CH2]OC(=O)N(c1ccc(CCCCCCCC)c(C(F)(F)F)c1)c1nc(-c2cccnc2)c(F)s1. The van der Waals surface area contributed by atoms with Crippen molar-refractivity contribution >= 4 is 28.2 Å². The second-order valence-corrected chi connectivity index (χ2v) is 8.89. The summed E-state index contributed by atoms with van der Waals surface area (Å²) in [6, 6.07) is 6.76. The van der Waals surface area contributed by atoms with E-state index in [0.29, 0.717) is 23.3 Å². The molecule has 0 spiro atoms. The molecule has 0 aliphatic carbocycles. The Labute approximate surface area is 205 Å². The van der Waals surface area contributed by atoms with Gasteiger partial charge in [0.2, 0.25) is 10.3 Å². The third-order valence-corrected chi connectivity index (χ3v) is 6.29. The highest BCUT2D eigenvalue weighted by Crippen LogP contribution is 2.39. The Morgan fingerprint density at radius 1 is 1.14 bits per heavy atom. The van der Waals surface area contributed by atoms with E-state index in [1.54, 1.807) is 12.1 Å². The molecule has 0 saturated carbocycles. The summed E-state index contributed by atoms with van der Waals surface area (Å²) < 4.78 is 61.0. The van der Waals surface area contributed by atoms with Gasteiger partial charge in [-0.2, -0.15) is 17.6 Å². The van der Waals surface area contributed by atoms with Gasteiger partial charge in [-0.1, -0.05) is 56.4 Å². The van der Waals surface area contributed by atoms with Crippen LogP contribution in [-0.2, 0) is 17.3 Å². The summed E-state index contributed by atoms with van der Waals surface area (Å²) >= 11 is 0.507. The number of nitrogens with zero attached hydrogens (tertiary/aromatic N) is 3. The van der Waals surface area contributed by atoms with Crippen molar-refractivity contribution in [3.05, 3.63) is 66.1 Å². The van der Waals surface area contributed by atoms with Crippen LogP contribution >= 0.6 is 11.3 Å². The molecule has 2 heterocycles. The zero-order valence-corrected chi connectivity index (χ0v) is 20.1. The summed E-state index contributed by atoms with van der Waals surface area (Å²) in [6.07, 6.45) is 3.16. The number of ether oxygens (including phenoxy) is 1. The summed E-state index contributed by atoms with van der Waals surface area (Å²) in [5.41, 5.74) is -0.573. The summed E-state index contributed by atoms with van der Waals surface area (Å²) in [7, 11) is 3.06. The van der Waals surface area contributed by atoms with Crippen LogP contribution in [0.1, 0.15) is 56.6 Å². The molecule has 35 heavy (non-hydrogen) atoms. The van der Waals surface area contributed by atoms with E-state index in [0.717, 1.165) is 43.1 Å². The zero-order chi connectivity index (χ0) is 25.4. The van der Waals surface area contributed by atoms with Crippen molar-refractivity contribution in [1.82, 2.24) is 9.97 Å². The molecule has 0 aliphatic rings. The minimum Gasteiger partial charge on any atom is -0.445 e. The van der Waals surface area contributed by atoms with Gasteiger partial charge in [-0.05, 0) is 42.7 Å². The number of unbranched alkanes of at least 4 members (excludes halogenated alkanes) is 5. The fraction of sp³-hybridized carbons (Fsp3) is 0.360. The van der Waals surface area contributed by atoms with Gasteiger partial charge in [0.1, 0.15) is 12.8 Å². The number of carbonyl (C=O) groups excluding carboxylic acids is 1. The predicted octanol–water partition coefficient (Wildman–Crippen LogP) is 8.33. The summed E-state index contributed by atoms with van der Waals surface area (Å²) in [5.74, 6) is 0. The van der Waals surface area contributed by atoms with E-state index in [9.17, 15) is 22.4 Å². The summed E-state index contributed by atoms with van der Waals surface area (Å²) in [4.78, 5) is 21.3. The largest absolute Gasteiger partial charge is 0.445 e. The Balaban J connectivity index is 1.93. The van der Waals surface area contributed by atoms with Crippen molar-refractivity contribution in [1.29, 1.82) is 0 Å². The molecule has 1 aromatic carbocycles. The Morgan fingerprint density at radius 2 is 1.89 bits per heavy atom. The lowest BCUT2D eigenvalue weighted by molar-refractivity contribution is -0.138. The van der Waals surface area contributed by atoms with Crippen molar-refractivity contribution in [2.24, 2.45) is 0 Å². The molecule has 187 valence electrons. The molecular formula is C25H26F4N3O2S. The second-order valence-electron chi connectivity index (χ2n) is 7.96. The number of amides is 1. The lowest BCUT2D eigenvalue weighted by atomic mass is 9.99. The molecule has 0 aliphatic heterocycles. The third-order valence-electron chi connectivity index (χ3n) is 5.46. The highest BCUT2D eigenvalue weighted by Gasteiger charge is 2.35. The Kier molecular flexibility index (Phi) is 9.20. The molecule has 5 nitrogen and oxygen atoms in total. The molecule has 0 unspecified atom stereocenters. The maximum Gasteiger partial charge on any atom is 0.420 e. The molecule has 1 amide bonds. The van der Waals surface area contributed by atoms with Crippen molar-refractivity contribution in [3.8, 4) is 11.3 Å². The molecule has 0 fully saturated rings. The molecule has 0 N–H and O–H groups in total. The Morgan fingerprint density at radius 3 is 2.54 bits per heavy atom. The van der Waals surface area contributed by atoms with Crippen molar-refractivity contribution < 1.29 is 27.1 Å². The van der Waals surface area contributed by atoms with Gasteiger partial charge < -0.3 is 4.74 Å². The molecule has 3 rings (SSSR count). The van der Waals surface area contributed by atoms with Crippen molar-refractivity contribution in [3.63, 3.8) is 0 Å². The quantitative estimate of drug-likeness (QED) is 0.204. The molecule has 0 atom stereocenters. The highest BCUT2D eigenvalue weighted by molar-refractivity contribution is 7.14. The molecule has 0 bridgehead atoms. The minimum absolute atomic E-state index is 0.0734. The maximum atomic E-state index is 14.7. The first-order valence-corrected chi connectivity index (χ1v) is 12.1. The van der Waals surface area contributed by atoms with E-state index in [4.69, 9.17) is 0 Å². The van der Waals surface area contributed by atoms with E-state index >= 15 is 0 Å². The number of benzene rings is 1. The standard InChI is InChI=1S/C25H26F4N3O2S/c1-3-4-5-6-7-8-10-17-12-13-19(15-20(17)25(27,28)29)32(24(33)34-2)23-31-21(22(26)35-23)18-11-9-14-30-16-18/h9,11-16H,2-8,10H2,1H3. The topological polar surface area (TPSA) is 55.3 Å². The molecule has 10 heteroatoms. The van der Waals surface area contributed by atoms with Crippen LogP contribution in [0, 0.1) is 12.2 Å². The number of aromatic nitrogens is 2. The monoisotopic (exact) mass is 508 g/mol. The van der Waals surface area contributed by atoms with Crippen molar-refractivity contribution in [2.45, 2.75) is 58.0 Å². The predicted molar refractivity (Wildman–Crippen MR) is 128 cm³/mol. The van der Waals surface area contributed by atoms with Gasteiger partial charge in [-0.3, -0.25) is 4.98 Å². The number of hydrogen-bond donors (Lipinski definition) is 0. The van der Waals surface area contributed by atoms with Crippen LogP contribution in [0.3, 0.4) is 0 Å². The van der Waals surface area contributed by atoms with E-state index in [-0.39, 0.29) is 28.5 Å². The first kappa shape index (κ1) is 26.6. The molecule has 1 radical (unpaired) electrons. The van der Waals surface area contributed by atoms with Gasteiger partial charge in [0, 0.05) is 18.0 Å². The number of aryl methyl sites for hydroxylation is 1. The van der Waals surface area contributed by atoms with E-state index in [1.165, 1.54) is 24.5 Å². The number of hydrogen-bond acceptors (Lipinski definition) is 5. The number of thiazole rings is 1. The smallest absolute Gasteiger partial charge is 0.420 e. The van der Waals surface area contributed by atoms with Gasteiger partial charge in [0.15, 0.2) is 0 Å². The van der Waals surface area contributed by atoms with E-state index < -0.39 is 23.0 Å². The normalized spacial score (nSPS) is 11.5. The van der Waals surface area contributed by atoms with Crippen LogP contribution in [0.25, 0.3) is 11.3 Å². The fourth-order valence-corrected chi connectivity index (χ4v) is 4.54. The van der Waals surface area contributed by atoms with Crippen LogP contribution in [0.5, 0.6) is 0 Å². The van der Waals surface area contributed by atoms with Crippen LogP contribution in [0.2, 0.25) is 0 Å².